The van der Waals surface area contributed by atoms with Gasteiger partial charge in [0.2, 0.25) is 5.91 Å². The summed E-state index contributed by atoms with van der Waals surface area (Å²) in [5, 5.41) is 3.75. The Morgan fingerprint density at radius 1 is 0.935 bits per heavy atom. The molecule has 2 rings (SSSR count). The highest BCUT2D eigenvalue weighted by Gasteiger charge is 2.37. The van der Waals surface area contributed by atoms with Crippen molar-refractivity contribution in [1.82, 2.24) is 25.6 Å². The van der Waals surface area contributed by atoms with E-state index < -0.39 is 52.1 Å². The fourth-order valence-corrected chi connectivity index (χ4v) is 2.05. The molecule has 13 heteroatoms. The molecule has 2 N–H and O–H groups in total. The number of benzene rings is 1. The Hall–Kier alpha value is -3.38. The number of hydrogen-bond acceptors (Lipinski definition) is 4. The number of carbonyl (C=O) groups is 2. The maximum atomic E-state index is 13.0. The first-order chi connectivity index (χ1) is 14.1. The summed E-state index contributed by atoms with van der Waals surface area (Å²) in [4.78, 5) is 27.1. The van der Waals surface area contributed by atoms with E-state index >= 15 is 0 Å². The number of hydrogen-bond donors (Lipinski definition) is 2. The molecule has 1 heterocycles. The van der Waals surface area contributed by atoms with Crippen molar-refractivity contribution in [2.75, 3.05) is 0 Å². The molecule has 0 aliphatic rings. The average Bonchev–Trinajstić information content (AvgIpc) is 3.11. The lowest BCUT2D eigenvalue weighted by Gasteiger charge is -2.17. The van der Waals surface area contributed by atoms with E-state index in [0.717, 1.165) is 23.3 Å². The van der Waals surface area contributed by atoms with E-state index in [4.69, 9.17) is 0 Å². The average molecular weight is 449 g/mol. The summed E-state index contributed by atoms with van der Waals surface area (Å²) in [6.07, 6.45) is -7.05. The van der Waals surface area contributed by atoms with Crippen LogP contribution in [0.3, 0.4) is 0 Å². The lowest BCUT2D eigenvalue weighted by molar-refractivity contribution is -0.143. The number of nitrogens with one attached hydrogen (secondary N) is 2. The number of hydrazine groups is 1. The molecule has 1 aromatic heterocycles. The molecular formula is C18H17F6N5O2. The van der Waals surface area contributed by atoms with Crippen molar-refractivity contribution >= 4 is 18.0 Å². The van der Waals surface area contributed by atoms with Gasteiger partial charge in [0.25, 0.3) is 5.91 Å². The summed E-state index contributed by atoms with van der Waals surface area (Å²) in [7, 11) is 0. The van der Waals surface area contributed by atoms with Crippen LogP contribution >= 0.6 is 0 Å². The zero-order valence-electron chi connectivity index (χ0n) is 16.4. The summed E-state index contributed by atoms with van der Waals surface area (Å²) < 4.78 is 78.7. The van der Waals surface area contributed by atoms with Gasteiger partial charge in [0.15, 0.2) is 5.82 Å². The minimum Gasteiger partial charge on any atom is -0.273 e. The number of rotatable bonds is 3. The highest BCUT2D eigenvalue weighted by Crippen LogP contribution is 2.38. The number of carbonyl (C=O) groups excluding carboxylic acids is 2. The molecule has 168 valence electrons. The number of nitrogens with zero attached hydrogens (tertiary/aromatic N) is 3. The van der Waals surface area contributed by atoms with E-state index in [-0.39, 0.29) is 6.07 Å². The maximum Gasteiger partial charge on any atom is 0.416 e. The maximum absolute atomic E-state index is 13.0. The van der Waals surface area contributed by atoms with Gasteiger partial charge in [-0.15, -0.1) is 5.10 Å². The number of amides is 2. The predicted octanol–water partition coefficient (Wildman–Crippen LogP) is 3.65. The van der Waals surface area contributed by atoms with Gasteiger partial charge in [-0.2, -0.15) is 26.3 Å². The van der Waals surface area contributed by atoms with Crippen LogP contribution in [0.2, 0.25) is 0 Å². The first-order valence-electron chi connectivity index (χ1n) is 8.57. The predicted molar refractivity (Wildman–Crippen MR) is 96.5 cm³/mol. The van der Waals surface area contributed by atoms with Crippen LogP contribution in [-0.4, -0.2) is 26.6 Å². The molecule has 7 nitrogen and oxygen atoms in total. The molecule has 0 radical (unpaired) electrons. The first kappa shape index (κ1) is 23.9. The van der Waals surface area contributed by atoms with Crippen LogP contribution in [0.15, 0.2) is 30.6 Å². The van der Waals surface area contributed by atoms with E-state index in [9.17, 15) is 35.9 Å². The third-order valence-electron chi connectivity index (χ3n) is 3.71. The van der Waals surface area contributed by atoms with Gasteiger partial charge in [-0.25, -0.2) is 9.67 Å². The number of halogens is 6. The summed E-state index contributed by atoms with van der Waals surface area (Å²) in [5.41, 5.74) is 0.0325. The van der Waals surface area contributed by atoms with Gasteiger partial charge in [0.05, 0.1) is 11.1 Å². The molecule has 0 bridgehead atoms. The zero-order valence-corrected chi connectivity index (χ0v) is 16.4. The van der Waals surface area contributed by atoms with Crippen molar-refractivity contribution in [3.05, 3.63) is 41.7 Å². The van der Waals surface area contributed by atoms with E-state index in [1.807, 2.05) is 0 Å². The fraction of sp³-hybridized carbons (Fsp3) is 0.333. The quantitative estimate of drug-likeness (QED) is 0.426. The van der Waals surface area contributed by atoms with E-state index in [0.29, 0.717) is 12.1 Å². The minimum atomic E-state index is -5.01. The summed E-state index contributed by atoms with van der Waals surface area (Å²) in [5.74, 6) is -1.63. The minimum absolute atomic E-state index is 0.00336. The van der Waals surface area contributed by atoms with Crippen molar-refractivity contribution in [1.29, 1.82) is 0 Å². The molecule has 2 aromatic rings. The van der Waals surface area contributed by atoms with Crippen molar-refractivity contribution in [3.8, 4) is 11.4 Å². The molecule has 0 spiro atoms. The Balaban J connectivity index is 2.21. The van der Waals surface area contributed by atoms with Crippen LogP contribution in [0.4, 0.5) is 26.3 Å². The van der Waals surface area contributed by atoms with Gasteiger partial charge in [0, 0.05) is 23.3 Å². The van der Waals surface area contributed by atoms with E-state index in [1.54, 1.807) is 20.8 Å². The smallest absolute Gasteiger partial charge is 0.273 e. The van der Waals surface area contributed by atoms with Gasteiger partial charge in [0.1, 0.15) is 6.33 Å². The normalized spacial score (nSPS) is 12.8. The highest BCUT2D eigenvalue weighted by atomic mass is 19.4. The van der Waals surface area contributed by atoms with Gasteiger partial charge in [-0.3, -0.25) is 20.4 Å². The Labute approximate surface area is 172 Å². The second-order valence-electron chi connectivity index (χ2n) is 7.35. The molecular weight excluding hydrogens is 432 g/mol. The monoisotopic (exact) mass is 449 g/mol. The Bertz CT molecular complexity index is 970. The Kier molecular flexibility index (Phi) is 6.47. The SMILES string of the molecule is CC(C)(C)C(=O)NNC(=O)/C=C\n1cnc(-c2cc(C(F)(F)F)cc(C(F)(F)F)c2)n1. The molecule has 0 saturated carbocycles. The summed E-state index contributed by atoms with van der Waals surface area (Å²) in [6, 6.07) is 0.983. The highest BCUT2D eigenvalue weighted by molar-refractivity contribution is 5.92. The van der Waals surface area contributed by atoms with Gasteiger partial charge >= 0.3 is 12.4 Å². The van der Waals surface area contributed by atoms with Crippen molar-refractivity contribution < 1.29 is 35.9 Å². The van der Waals surface area contributed by atoms with Gasteiger partial charge in [-0.05, 0) is 18.2 Å². The van der Waals surface area contributed by atoms with E-state index in [1.165, 1.54) is 0 Å². The van der Waals surface area contributed by atoms with E-state index in [2.05, 4.69) is 20.9 Å². The van der Waals surface area contributed by atoms with Crippen LogP contribution in [-0.2, 0) is 21.9 Å². The van der Waals surface area contributed by atoms with Crippen LogP contribution < -0.4 is 10.9 Å². The second kappa shape index (κ2) is 8.40. The standard InChI is InChI=1S/C18H17F6N5O2/c1-16(2,3)15(31)27-26-13(30)4-5-29-9-25-14(28-29)10-6-11(17(19,20)21)8-12(7-10)18(22,23)24/h4-9H,1-3H3,(H,26,30)(H,27,31)/b5-4-. The molecule has 0 saturated heterocycles. The third kappa shape index (κ3) is 6.55. The van der Waals surface area contributed by atoms with Crippen LogP contribution in [0.5, 0.6) is 0 Å². The Morgan fingerprint density at radius 3 is 1.97 bits per heavy atom. The molecule has 2 amide bonds. The Morgan fingerprint density at radius 2 is 1.48 bits per heavy atom. The molecule has 1 aromatic carbocycles. The second-order valence-corrected chi connectivity index (χ2v) is 7.35. The molecule has 0 fully saturated rings. The molecule has 0 aliphatic carbocycles. The van der Waals surface area contributed by atoms with Gasteiger partial charge < -0.3 is 0 Å². The largest absolute Gasteiger partial charge is 0.416 e. The number of alkyl halides is 6. The zero-order chi connectivity index (χ0) is 23.6. The van der Waals surface area contributed by atoms with Crippen molar-refractivity contribution in [3.63, 3.8) is 0 Å². The van der Waals surface area contributed by atoms with Crippen LogP contribution in [0.1, 0.15) is 31.9 Å². The summed E-state index contributed by atoms with van der Waals surface area (Å²) in [6.45, 7) is 4.87. The fourth-order valence-electron chi connectivity index (χ4n) is 2.05. The lowest BCUT2D eigenvalue weighted by Crippen LogP contribution is -2.46. The van der Waals surface area contributed by atoms with Crippen molar-refractivity contribution in [2.24, 2.45) is 5.41 Å². The molecule has 0 atom stereocenters. The topological polar surface area (TPSA) is 88.9 Å². The number of aromatic nitrogens is 3. The molecule has 0 aliphatic heterocycles. The third-order valence-corrected chi connectivity index (χ3v) is 3.71. The molecule has 0 unspecified atom stereocenters. The summed E-state index contributed by atoms with van der Waals surface area (Å²) >= 11 is 0. The van der Waals surface area contributed by atoms with Gasteiger partial charge in [-0.1, -0.05) is 20.8 Å². The van der Waals surface area contributed by atoms with Crippen LogP contribution in [0.25, 0.3) is 17.6 Å². The van der Waals surface area contributed by atoms with Crippen molar-refractivity contribution in [2.45, 2.75) is 33.1 Å². The molecule has 31 heavy (non-hydrogen) atoms. The lowest BCUT2D eigenvalue weighted by atomic mass is 9.96. The first-order valence-corrected chi connectivity index (χ1v) is 8.57. The van der Waals surface area contributed by atoms with Crippen LogP contribution in [0, 0.1) is 5.41 Å².